The van der Waals surface area contributed by atoms with Crippen LogP contribution in [0.2, 0.25) is 0 Å². The van der Waals surface area contributed by atoms with Gasteiger partial charge in [0.05, 0.1) is 11.0 Å². The number of hydrogen-bond donors (Lipinski definition) is 1. The lowest BCUT2D eigenvalue weighted by atomic mass is 10.3. The van der Waals surface area contributed by atoms with Crippen molar-refractivity contribution in [2.75, 3.05) is 0 Å². The van der Waals surface area contributed by atoms with Crippen LogP contribution in [-0.2, 0) is 4.79 Å². The average Bonchev–Trinajstić information content (AvgIpc) is 2.18. The number of carbonyl (C=O) groups is 1. The lowest BCUT2D eigenvalue weighted by molar-refractivity contribution is -0.132. The average molecular weight is 204 g/mol. The molecule has 2 rings (SSSR count). The van der Waals surface area contributed by atoms with Crippen LogP contribution in [0.5, 0.6) is 5.88 Å². The van der Waals surface area contributed by atoms with Crippen LogP contribution >= 0.6 is 0 Å². The van der Waals surface area contributed by atoms with Crippen LogP contribution in [0.4, 0.5) is 0 Å². The molecule has 0 amide bonds. The van der Waals surface area contributed by atoms with E-state index in [1.165, 1.54) is 6.92 Å². The van der Waals surface area contributed by atoms with E-state index < -0.39 is 11.5 Å². The molecule has 0 aliphatic carbocycles. The molecule has 2 aromatic rings. The summed E-state index contributed by atoms with van der Waals surface area (Å²) in [7, 11) is 0. The zero-order valence-electron chi connectivity index (χ0n) is 7.98. The number of hydrogen-bond acceptors (Lipinski definition) is 4. The molecule has 0 aliphatic heterocycles. The molecule has 1 aromatic heterocycles. The molecule has 0 spiro atoms. The molecule has 5 nitrogen and oxygen atoms in total. The molecule has 76 valence electrons. The second-order valence-corrected chi connectivity index (χ2v) is 2.98. The predicted octanol–water partition coefficient (Wildman–Crippen LogP) is 0.848. The van der Waals surface area contributed by atoms with E-state index in [-0.39, 0.29) is 5.88 Å². The van der Waals surface area contributed by atoms with Gasteiger partial charge in [-0.15, -0.1) is 0 Å². The minimum Gasteiger partial charge on any atom is -0.402 e. The van der Waals surface area contributed by atoms with Crippen molar-refractivity contribution in [2.45, 2.75) is 6.92 Å². The first-order valence-corrected chi connectivity index (χ1v) is 4.34. The first kappa shape index (κ1) is 9.39. The Balaban J connectivity index is 2.62. The number of nitrogens with one attached hydrogen (secondary N) is 1. The van der Waals surface area contributed by atoms with Crippen LogP contribution in [0.1, 0.15) is 6.92 Å². The molecule has 0 saturated heterocycles. The highest BCUT2D eigenvalue weighted by molar-refractivity contribution is 5.75. The molecular weight excluding hydrogens is 196 g/mol. The van der Waals surface area contributed by atoms with Gasteiger partial charge in [-0.2, -0.15) is 0 Å². The number of fused-ring (bicyclic) bond motifs is 1. The molecular formula is C10H8N2O3. The van der Waals surface area contributed by atoms with Crippen molar-refractivity contribution >= 4 is 17.0 Å². The number of H-pyrrole nitrogens is 1. The lowest BCUT2D eigenvalue weighted by Gasteiger charge is -2.00. The summed E-state index contributed by atoms with van der Waals surface area (Å²) in [6.45, 7) is 1.22. The zero-order valence-corrected chi connectivity index (χ0v) is 7.98. The number of nitrogens with zero attached hydrogens (tertiary/aromatic N) is 1. The lowest BCUT2D eigenvalue weighted by Crippen LogP contribution is -2.16. The second-order valence-electron chi connectivity index (χ2n) is 2.98. The Labute approximate surface area is 84.7 Å². The fourth-order valence-corrected chi connectivity index (χ4v) is 1.22. The minimum atomic E-state index is -0.566. The topological polar surface area (TPSA) is 72.0 Å². The molecule has 1 N–H and O–H groups in total. The fraction of sp³-hybridized carbons (Fsp3) is 0.100. The number of ether oxygens (including phenoxy) is 1. The summed E-state index contributed by atoms with van der Waals surface area (Å²) >= 11 is 0. The summed E-state index contributed by atoms with van der Waals surface area (Å²) in [6, 6.07) is 7.01. The maximum atomic E-state index is 11.4. The third-order valence-electron chi connectivity index (χ3n) is 1.81. The molecule has 15 heavy (non-hydrogen) atoms. The molecule has 0 bridgehead atoms. The largest absolute Gasteiger partial charge is 0.402 e. The van der Waals surface area contributed by atoms with E-state index in [1.54, 1.807) is 24.3 Å². The van der Waals surface area contributed by atoms with Crippen molar-refractivity contribution in [1.29, 1.82) is 0 Å². The van der Waals surface area contributed by atoms with E-state index in [0.29, 0.717) is 11.0 Å². The van der Waals surface area contributed by atoms with Crippen LogP contribution in [-0.4, -0.2) is 15.9 Å². The first-order chi connectivity index (χ1) is 7.16. The van der Waals surface area contributed by atoms with E-state index in [2.05, 4.69) is 14.7 Å². The van der Waals surface area contributed by atoms with Gasteiger partial charge in [0.2, 0.25) is 0 Å². The highest BCUT2D eigenvalue weighted by atomic mass is 16.5. The van der Waals surface area contributed by atoms with Gasteiger partial charge in [0.1, 0.15) is 0 Å². The summed E-state index contributed by atoms with van der Waals surface area (Å²) in [5, 5.41) is 0. The van der Waals surface area contributed by atoms with Gasteiger partial charge in [0, 0.05) is 6.92 Å². The van der Waals surface area contributed by atoms with Crippen LogP contribution in [0.25, 0.3) is 11.0 Å². The van der Waals surface area contributed by atoms with E-state index in [9.17, 15) is 9.59 Å². The Morgan fingerprint density at radius 2 is 2.13 bits per heavy atom. The van der Waals surface area contributed by atoms with Crippen molar-refractivity contribution in [3.63, 3.8) is 0 Å². The van der Waals surface area contributed by atoms with Crippen molar-refractivity contribution in [3.8, 4) is 5.88 Å². The smallest absolute Gasteiger partial charge is 0.311 e. The molecule has 0 unspecified atom stereocenters. The van der Waals surface area contributed by atoms with Crippen molar-refractivity contribution in [1.82, 2.24) is 9.97 Å². The Morgan fingerprint density at radius 3 is 2.87 bits per heavy atom. The molecule has 0 saturated carbocycles. The molecule has 0 fully saturated rings. The normalized spacial score (nSPS) is 10.2. The third kappa shape index (κ3) is 1.85. The van der Waals surface area contributed by atoms with E-state index in [0.717, 1.165) is 0 Å². The Hall–Kier alpha value is -2.17. The van der Waals surface area contributed by atoms with Gasteiger partial charge in [-0.3, -0.25) is 9.59 Å². The molecule has 0 atom stereocenters. The summed E-state index contributed by atoms with van der Waals surface area (Å²) in [6.07, 6.45) is 0. The van der Waals surface area contributed by atoms with Gasteiger partial charge in [-0.1, -0.05) is 12.1 Å². The second kappa shape index (κ2) is 3.53. The minimum absolute atomic E-state index is 0.221. The van der Waals surface area contributed by atoms with Crippen molar-refractivity contribution < 1.29 is 9.53 Å². The van der Waals surface area contributed by atoms with Crippen LogP contribution < -0.4 is 10.3 Å². The fourth-order valence-electron chi connectivity index (χ4n) is 1.22. The maximum absolute atomic E-state index is 11.4. The standard InChI is InChI=1S/C10H8N2O3/c1-6(13)15-10-9(14)11-7-4-2-3-5-8(7)12-10/h2-5H,1H3,(H,11,14). The highest BCUT2D eigenvalue weighted by Crippen LogP contribution is 2.08. The van der Waals surface area contributed by atoms with Gasteiger partial charge in [-0.25, -0.2) is 4.98 Å². The highest BCUT2D eigenvalue weighted by Gasteiger charge is 2.07. The number of para-hydroxylation sites is 2. The Morgan fingerprint density at radius 1 is 1.40 bits per heavy atom. The van der Waals surface area contributed by atoms with E-state index in [4.69, 9.17) is 0 Å². The van der Waals surface area contributed by atoms with Gasteiger partial charge < -0.3 is 9.72 Å². The summed E-state index contributed by atoms with van der Waals surface area (Å²) < 4.78 is 4.66. The zero-order chi connectivity index (χ0) is 10.8. The molecule has 5 heteroatoms. The van der Waals surface area contributed by atoms with E-state index >= 15 is 0 Å². The van der Waals surface area contributed by atoms with Crippen molar-refractivity contribution in [2.24, 2.45) is 0 Å². The number of aromatic amines is 1. The van der Waals surface area contributed by atoms with Crippen LogP contribution in [0, 0.1) is 0 Å². The Bertz CT molecular complexity index is 574. The monoisotopic (exact) mass is 204 g/mol. The van der Waals surface area contributed by atoms with Gasteiger partial charge in [0.15, 0.2) is 0 Å². The maximum Gasteiger partial charge on any atom is 0.311 e. The summed E-state index contributed by atoms with van der Waals surface area (Å²) in [5.41, 5.74) is 0.677. The quantitative estimate of drug-likeness (QED) is 0.699. The molecule has 1 aromatic carbocycles. The summed E-state index contributed by atoms with van der Waals surface area (Å²) in [4.78, 5) is 28.6. The first-order valence-electron chi connectivity index (χ1n) is 4.34. The number of aromatic nitrogens is 2. The van der Waals surface area contributed by atoms with Crippen LogP contribution in [0.15, 0.2) is 29.1 Å². The van der Waals surface area contributed by atoms with Gasteiger partial charge in [0.25, 0.3) is 5.88 Å². The van der Waals surface area contributed by atoms with Gasteiger partial charge >= 0.3 is 11.5 Å². The summed E-state index contributed by atoms with van der Waals surface area (Å²) in [5.74, 6) is -0.788. The number of rotatable bonds is 1. The van der Waals surface area contributed by atoms with Crippen molar-refractivity contribution in [3.05, 3.63) is 34.6 Å². The molecule has 1 heterocycles. The van der Waals surface area contributed by atoms with Crippen LogP contribution in [0.3, 0.4) is 0 Å². The number of benzene rings is 1. The number of esters is 1. The van der Waals surface area contributed by atoms with Gasteiger partial charge in [-0.05, 0) is 12.1 Å². The predicted molar refractivity (Wildman–Crippen MR) is 53.7 cm³/mol. The van der Waals surface area contributed by atoms with E-state index in [1.807, 2.05) is 0 Å². The molecule has 0 aliphatic rings. The number of carbonyl (C=O) groups excluding carboxylic acids is 1. The SMILES string of the molecule is CC(=O)Oc1nc2ccccc2[nH]c1=O. The molecule has 0 radical (unpaired) electrons. The Kier molecular flexibility index (Phi) is 2.21. The third-order valence-corrected chi connectivity index (χ3v) is 1.81.